The first-order valence-electron chi connectivity index (χ1n) is 10.9. The molecular formula is C22H29ClN6O2S. The van der Waals surface area contributed by atoms with Crippen molar-refractivity contribution in [3.8, 4) is 0 Å². The Morgan fingerprint density at radius 1 is 1.31 bits per heavy atom. The molecule has 2 aromatic rings. The Morgan fingerprint density at radius 2 is 2.12 bits per heavy atom. The first kappa shape index (κ1) is 23.0. The Balaban J connectivity index is 1.50. The van der Waals surface area contributed by atoms with E-state index in [0.29, 0.717) is 6.54 Å². The van der Waals surface area contributed by atoms with Crippen molar-refractivity contribution in [2.45, 2.75) is 32.4 Å². The van der Waals surface area contributed by atoms with E-state index >= 15 is 0 Å². The molecule has 0 radical (unpaired) electrons. The number of nitrogens with one attached hydrogen (secondary N) is 2. The molecule has 2 N–H and O–H groups in total. The molecule has 4 rings (SSSR count). The fourth-order valence-corrected chi connectivity index (χ4v) is 4.80. The lowest BCUT2D eigenvalue weighted by atomic mass is 10.1. The molecule has 0 spiro atoms. The van der Waals surface area contributed by atoms with E-state index in [9.17, 15) is 4.79 Å². The highest BCUT2D eigenvalue weighted by molar-refractivity contribution is 7.15. The summed E-state index contributed by atoms with van der Waals surface area (Å²) in [5, 5.41) is 7.73. The summed E-state index contributed by atoms with van der Waals surface area (Å²) in [4.78, 5) is 26.8. The number of aryl methyl sites for hydroxylation is 1. The number of morpholine rings is 1. The van der Waals surface area contributed by atoms with Gasteiger partial charge in [-0.05, 0) is 37.5 Å². The third-order valence-corrected chi connectivity index (χ3v) is 6.50. The summed E-state index contributed by atoms with van der Waals surface area (Å²) >= 11 is 7.19. The Labute approximate surface area is 197 Å². The van der Waals surface area contributed by atoms with Crippen LogP contribution in [0.1, 0.15) is 23.3 Å². The number of hydrogen-bond acceptors (Lipinski definition) is 8. The lowest BCUT2D eigenvalue weighted by molar-refractivity contribution is -0.127. The maximum absolute atomic E-state index is 12.2. The van der Waals surface area contributed by atoms with Gasteiger partial charge in [0.25, 0.3) is 0 Å². The van der Waals surface area contributed by atoms with Crippen LogP contribution in [0.5, 0.6) is 0 Å². The Kier molecular flexibility index (Phi) is 7.96. The Bertz CT molecular complexity index is 946. The van der Waals surface area contributed by atoms with Crippen molar-refractivity contribution in [2.24, 2.45) is 0 Å². The maximum Gasteiger partial charge on any atom is 0.247 e. The molecule has 2 aliphatic rings. The SMILES string of the molecule is Cc1cnc(Nc2cc(CN3CCOCC3)cc(NC3CCCN(C(=O)/C=C/Cl)C3)n2)s1. The maximum atomic E-state index is 12.2. The molecule has 8 nitrogen and oxygen atoms in total. The van der Waals surface area contributed by atoms with Gasteiger partial charge in [0, 0.05) is 61.5 Å². The summed E-state index contributed by atoms with van der Waals surface area (Å²) in [5.74, 6) is 1.52. The quantitative estimate of drug-likeness (QED) is 0.591. The molecule has 1 atom stereocenters. The van der Waals surface area contributed by atoms with E-state index in [0.717, 1.165) is 73.9 Å². The molecule has 0 bridgehead atoms. The average Bonchev–Trinajstić information content (AvgIpc) is 3.19. The molecule has 1 unspecified atom stereocenters. The van der Waals surface area contributed by atoms with Crippen molar-refractivity contribution >= 4 is 45.6 Å². The summed E-state index contributed by atoms with van der Waals surface area (Å²) in [7, 11) is 0. The molecule has 2 aliphatic heterocycles. The zero-order valence-electron chi connectivity index (χ0n) is 18.2. The number of ether oxygens (including phenoxy) is 1. The molecule has 10 heteroatoms. The Hall–Kier alpha value is -2.20. The van der Waals surface area contributed by atoms with Gasteiger partial charge >= 0.3 is 0 Å². The predicted molar refractivity (Wildman–Crippen MR) is 129 cm³/mol. The molecule has 1 amide bonds. The van der Waals surface area contributed by atoms with Gasteiger partial charge in [0.2, 0.25) is 5.91 Å². The van der Waals surface area contributed by atoms with Gasteiger partial charge in [0.1, 0.15) is 11.6 Å². The lowest BCUT2D eigenvalue weighted by Gasteiger charge is -2.33. The number of carbonyl (C=O) groups is 1. The highest BCUT2D eigenvalue weighted by Crippen LogP contribution is 2.25. The first-order valence-corrected chi connectivity index (χ1v) is 12.2. The second-order valence-electron chi connectivity index (χ2n) is 8.10. The minimum atomic E-state index is -0.0537. The van der Waals surface area contributed by atoms with E-state index in [1.165, 1.54) is 17.2 Å². The first-order chi connectivity index (χ1) is 15.6. The van der Waals surface area contributed by atoms with Gasteiger partial charge in [-0.25, -0.2) is 9.97 Å². The van der Waals surface area contributed by atoms with Crippen molar-refractivity contribution < 1.29 is 9.53 Å². The number of nitrogens with zero attached hydrogens (tertiary/aromatic N) is 4. The van der Waals surface area contributed by atoms with Crippen LogP contribution in [0.15, 0.2) is 29.9 Å². The third kappa shape index (κ3) is 6.41. The number of hydrogen-bond donors (Lipinski definition) is 2. The van der Waals surface area contributed by atoms with Crippen LogP contribution >= 0.6 is 22.9 Å². The molecule has 0 aromatic carbocycles. The molecule has 0 saturated carbocycles. The Morgan fingerprint density at radius 3 is 2.88 bits per heavy atom. The van der Waals surface area contributed by atoms with Gasteiger partial charge in [-0.2, -0.15) is 0 Å². The van der Waals surface area contributed by atoms with Gasteiger partial charge in [0.05, 0.1) is 13.2 Å². The fraction of sp³-hybridized carbons (Fsp3) is 0.500. The van der Waals surface area contributed by atoms with Crippen molar-refractivity contribution in [2.75, 3.05) is 50.0 Å². The van der Waals surface area contributed by atoms with Crippen LogP contribution in [0.3, 0.4) is 0 Å². The number of halogens is 1. The molecule has 4 heterocycles. The highest BCUT2D eigenvalue weighted by atomic mass is 35.5. The number of likely N-dealkylation sites (tertiary alicyclic amines) is 1. The van der Waals surface area contributed by atoms with E-state index < -0.39 is 0 Å². The van der Waals surface area contributed by atoms with E-state index in [2.05, 4.69) is 32.7 Å². The number of piperidine rings is 1. The molecule has 2 aromatic heterocycles. The smallest absolute Gasteiger partial charge is 0.247 e. The summed E-state index contributed by atoms with van der Waals surface area (Å²) in [6, 6.07) is 4.32. The van der Waals surface area contributed by atoms with Gasteiger partial charge in [-0.3, -0.25) is 9.69 Å². The van der Waals surface area contributed by atoms with Crippen LogP contribution in [-0.2, 0) is 16.1 Å². The van der Waals surface area contributed by atoms with Crippen molar-refractivity contribution in [3.05, 3.63) is 40.4 Å². The summed E-state index contributed by atoms with van der Waals surface area (Å²) < 4.78 is 5.48. The van der Waals surface area contributed by atoms with Crippen LogP contribution in [0.25, 0.3) is 0 Å². The number of anilines is 3. The number of aromatic nitrogens is 2. The second kappa shape index (κ2) is 11.1. The second-order valence-corrected chi connectivity index (χ2v) is 9.58. The fourth-order valence-electron chi connectivity index (χ4n) is 4.02. The zero-order valence-corrected chi connectivity index (χ0v) is 19.8. The van der Waals surface area contributed by atoms with Crippen molar-refractivity contribution in [3.63, 3.8) is 0 Å². The predicted octanol–water partition coefficient (Wildman–Crippen LogP) is 3.58. The van der Waals surface area contributed by atoms with Crippen molar-refractivity contribution in [1.82, 2.24) is 19.8 Å². The van der Waals surface area contributed by atoms with Crippen LogP contribution in [0, 0.1) is 6.92 Å². The van der Waals surface area contributed by atoms with Crippen molar-refractivity contribution in [1.29, 1.82) is 0 Å². The topological polar surface area (TPSA) is 82.6 Å². The number of carbonyl (C=O) groups excluding carboxylic acids is 1. The van der Waals surface area contributed by atoms with E-state index in [1.54, 1.807) is 11.3 Å². The van der Waals surface area contributed by atoms with E-state index in [-0.39, 0.29) is 11.9 Å². The van der Waals surface area contributed by atoms with Gasteiger partial charge < -0.3 is 20.3 Å². The van der Waals surface area contributed by atoms with Gasteiger partial charge in [-0.1, -0.05) is 11.6 Å². The van der Waals surface area contributed by atoms with Crippen LogP contribution in [-0.4, -0.2) is 71.1 Å². The molecular weight excluding hydrogens is 448 g/mol. The summed E-state index contributed by atoms with van der Waals surface area (Å²) in [6.45, 7) is 7.63. The number of amides is 1. The number of rotatable bonds is 7. The molecule has 2 fully saturated rings. The molecule has 2 saturated heterocycles. The average molecular weight is 477 g/mol. The van der Waals surface area contributed by atoms with Crippen LogP contribution in [0.4, 0.5) is 16.8 Å². The van der Waals surface area contributed by atoms with Gasteiger partial charge in [-0.15, -0.1) is 11.3 Å². The van der Waals surface area contributed by atoms with Crippen LogP contribution in [0.2, 0.25) is 0 Å². The summed E-state index contributed by atoms with van der Waals surface area (Å²) in [5.41, 5.74) is 2.45. The monoisotopic (exact) mass is 476 g/mol. The normalized spacial score (nSPS) is 19.9. The zero-order chi connectivity index (χ0) is 22.3. The molecule has 172 valence electrons. The van der Waals surface area contributed by atoms with E-state index in [4.69, 9.17) is 21.3 Å². The number of thiazole rings is 1. The largest absolute Gasteiger partial charge is 0.379 e. The lowest BCUT2D eigenvalue weighted by Crippen LogP contribution is -2.44. The standard InChI is InChI=1S/C22H29ClN6O2S/c1-16-13-24-22(32-16)27-20-12-17(14-28-7-9-31-10-8-28)11-19(26-20)25-18-3-2-6-29(15-18)21(30)4-5-23/h4-5,11-13,18H,2-3,6-10,14-15H2,1H3,(H2,24,25,26,27)/b5-4+. The number of pyridine rings is 1. The summed E-state index contributed by atoms with van der Waals surface area (Å²) in [6.07, 6.45) is 5.19. The molecule has 32 heavy (non-hydrogen) atoms. The van der Waals surface area contributed by atoms with Crippen LogP contribution < -0.4 is 10.6 Å². The minimum Gasteiger partial charge on any atom is -0.379 e. The minimum absolute atomic E-state index is 0.0537. The highest BCUT2D eigenvalue weighted by Gasteiger charge is 2.23. The van der Waals surface area contributed by atoms with E-state index in [1.807, 2.05) is 18.0 Å². The molecule has 0 aliphatic carbocycles. The third-order valence-electron chi connectivity index (χ3n) is 5.54. The van der Waals surface area contributed by atoms with Gasteiger partial charge in [0.15, 0.2) is 5.13 Å².